The molecule has 0 fully saturated rings. The van der Waals surface area contributed by atoms with E-state index in [1.807, 2.05) is 63.8 Å². The van der Waals surface area contributed by atoms with E-state index >= 15 is 0 Å². The van der Waals surface area contributed by atoms with E-state index in [4.69, 9.17) is 6.52 Å². The molecule has 0 bridgehead atoms. The fraction of sp³-hybridized carbons (Fsp3) is 0.526. The second-order valence-electron chi connectivity index (χ2n) is 7.00. The largest absolute Gasteiger partial charge is 0.481 e. The average molecular weight is 364 g/mol. The number of carbonyl (C=O) groups excluding carboxylic acids is 2. The Morgan fingerprint density at radius 3 is 2.35 bits per heavy atom. The molecule has 1 aromatic rings. The second kappa shape index (κ2) is 9.33. The van der Waals surface area contributed by atoms with Crippen molar-refractivity contribution < 1.29 is 20.9 Å². The zero-order chi connectivity index (χ0) is 20.6. The number of carboxylic acid groups (broad SMARTS) is 1. The number of carbonyl (C=O) groups is 3. The molecule has 0 unspecified atom stereocenters. The minimum Gasteiger partial charge on any atom is -0.481 e. The molecule has 3 atom stereocenters. The quantitative estimate of drug-likeness (QED) is 0.499. The molecule has 1 aromatic carbocycles. The lowest BCUT2D eigenvalue weighted by Gasteiger charge is -2.32. The van der Waals surface area contributed by atoms with Crippen LogP contribution in [-0.2, 0) is 19.9 Å². The molecule has 1 rings (SSSR count). The first kappa shape index (κ1) is 19.9. The van der Waals surface area contributed by atoms with E-state index in [0.29, 0.717) is 6.42 Å². The number of hydrogen-bond donors (Lipinski definition) is 4. The SMILES string of the molecule is [2H]N[C@@H](CC(=O)O)C(=O)N[C@H](C(=O)NC(C)(C)c1ccccc1)[C@@H](C)CC. The third kappa shape index (κ3) is 6.15. The fourth-order valence-electron chi connectivity index (χ4n) is 2.54. The van der Waals surface area contributed by atoms with Gasteiger partial charge in [-0.2, -0.15) is 0 Å². The van der Waals surface area contributed by atoms with E-state index in [0.717, 1.165) is 5.56 Å². The molecule has 2 amide bonds. The van der Waals surface area contributed by atoms with Crippen LogP contribution in [0.15, 0.2) is 30.3 Å². The Morgan fingerprint density at radius 2 is 1.85 bits per heavy atom. The van der Waals surface area contributed by atoms with Crippen LogP contribution in [0.3, 0.4) is 0 Å². The van der Waals surface area contributed by atoms with Crippen LogP contribution < -0.4 is 16.4 Å². The molecule has 0 radical (unpaired) electrons. The summed E-state index contributed by atoms with van der Waals surface area (Å²) >= 11 is 0. The molecule has 0 saturated heterocycles. The Labute approximate surface area is 155 Å². The van der Waals surface area contributed by atoms with Crippen molar-refractivity contribution in [3.05, 3.63) is 35.9 Å². The van der Waals surface area contributed by atoms with E-state index < -0.39 is 35.9 Å². The van der Waals surface area contributed by atoms with Crippen molar-refractivity contribution in [1.29, 1.82) is 0 Å². The monoisotopic (exact) mass is 364 g/mol. The van der Waals surface area contributed by atoms with E-state index in [1.165, 1.54) is 0 Å². The summed E-state index contributed by atoms with van der Waals surface area (Å²) in [6.07, 6.45) is 0.0989. The van der Waals surface area contributed by atoms with Crippen LogP contribution in [0.2, 0.25) is 1.41 Å². The van der Waals surface area contributed by atoms with Crippen molar-refractivity contribution in [3.8, 4) is 0 Å². The lowest BCUT2D eigenvalue weighted by molar-refractivity contribution is -0.139. The number of nitrogens with one attached hydrogen (secondary N) is 2. The van der Waals surface area contributed by atoms with Crippen LogP contribution in [0.5, 0.6) is 0 Å². The Kier molecular flexibility index (Phi) is 7.15. The highest BCUT2D eigenvalue weighted by Gasteiger charge is 2.32. The van der Waals surface area contributed by atoms with Crippen LogP contribution >= 0.6 is 0 Å². The zero-order valence-corrected chi connectivity index (χ0v) is 15.7. The van der Waals surface area contributed by atoms with Gasteiger partial charge in [0.1, 0.15) is 7.45 Å². The predicted molar refractivity (Wildman–Crippen MR) is 99.2 cm³/mol. The highest BCUT2D eigenvalue weighted by atomic mass is 16.4. The first-order valence-electron chi connectivity index (χ1n) is 9.19. The Morgan fingerprint density at radius 1 is 1.23 bits per heavy atom. The minimum atomic E-state index is -1.23. The van der Waals surface area contributed by atoms with Gasteiger partial charge in [-0.3, -0.25) is 14.4 Å². The van der Waals surface area contributed by atoms with Crippen molar-refractivity contribution in [3.63, 3.8) is 0 Å². The molecular formula is C19H29N3O4. The van der Waals surface area contributed by atoms with Gasteiger partial charge in [-0.1, -0.05) is 50.6 Å². The van der Waals surface area contributed by atoms with Crippen LogP contribution in [0.4, 0.5) is 0 Å². The van der Waals surface area contributed by atoms with Gasteiger partial charge in [-0.25, -0.2) is 0 Å². The van der Waals surface area contributed by atoms with Crippen molar-refractivity contribution in [2.24, 2.45) is 11.6 Å². The van der Waals surface area contributed by atoms with Crippen LogP contribution in [0, 0.1) is 5.92 Å². The van der Waals surface area contributed by atoms with Crippen molar-refractivity contribution >= 4 is 17.8 Å². The zero-order valence-electron chi connectivity index (χ0n) is 16.7. The number of benzene rings is 1. The molecule has 0 aliphatic heterocycles. The van der Waals surface area contributed by atoms with Crippen LogP contribution in [0.1, 0.15) is 46.1 Å². The molecule has 7 heteroatoms. The Bertz CT molecular complexity index is 652. The van der Waals surface area contributed by atoms with Gasteiger partial charge >= 0.3 is 5.97 Å². The Hall–Kier alpha value is -2.41. The highest BCUT2D eigenvalue weighted by Crippen LogP contribution is 2.20. The lowest BCUT2D eigenvalue weighted by Crippen LogP contribution is -2.57. The molecule has 0 aliphatic carbocycles. The number of hydrogen-bond acceptors (Lipinski definition) is 4. The summed E-state index contributed by atoms with van der Waals surface area (Å²) in [5, 5.41) is 14.4. The summed E-state index contributed by atoms with van der Waals surface area (Å²) in [6.45, 7) is 7.47. The number of carboxylic acids is 1. The van der Waals surface area contributed by atoms with Gasteiger partial charge < -0.3 is 21.5 Å². The molecule has 0 aromatic heterocycles. The summed E-state index contributed by atoms with van der Waals surface area (Å²) in [5.41, 5.74) is 2.20. The summed E-state index contributed by atoms with van der Waals surface area (Å²) in [7, 11) is 0. The van der Waals surface area contributed by atoms with Crippen molar-refractivity contribution in [2.75, 3.05) is 0 Å². The van der Waals surface area contributed by atoms with Gasteiger partial charge in [0.15, 0.2) is 0 Å². The molecule has 144 valence electrons. The van der Waals surface area contributed by atoms with E-state index in [9.17, 15) is 14.4 Å². The van der Waals surface area contributed by atoms with Crippen molar-refractivity contribution in [2.45, 2.75) is 58.2 Å². The number of amides is 2. The van der Waals surface area contributed by atoms with E-state index in [-0.39, 0.29) is 11.8 Å². The molecule has 5 N–H and O–H groups in total. The average Bonchev–Trinajstić information content (AvgIpc) is 2.63. The maximum atomic E-state index is 12.9. The van der Waals surface area contributed by atoms with Crippen LogP contribution in [-0.4, -0.2) is 35.0 Å². The smallest absolute Gasteiger partial charge is 0.305 e. The van der Waals surface area contributed by atoms with E-state index in [1.54, 1.807) is 0 Å². The fourth-order valence-corrected chi connectivity index (χ4v) is 2.54. The normalized spacial score (nSPS) is 15.3. The maximum Gasteiger partial charge on any atom is 0.305 e. The summed E-state index contributed by atoms with van der Waals surface area (Å²) in [5.74, 6) is -2.42. The molecule has 26 heavy (non-hydrogen) atoms. The molecule has 0 saturated carbocycles. The first-order valence-corrected chi connectivity index (χ1v) is 8.69. The van der Waals surface area contributed by atoms with Gasteiger partial charge in [-0.05, 0) is 25.3 Å². The molecule has 0 heterocycles. The molecular weight excluding hydrogens is 334 g/mol. The molecule has 0 aliphatic rings. The van der Waals surface area contributed by atoms with Gasteiger partial charge in [0, 0.05) is 0 Å². The third-order valence-electron chi connectivity index (χ3n) is 4.42. The summed E-state index contributed by atoms with van der Waals surface area (Å²) in [4.78, 5) is 36.1. The minimum absolute atomic E-state index is 0.170. The third-order valence-corrected chi connectivity index (χ3v) is 4.42. The summed E-state index contributed by atoms with van der Waals surface area (Å²) < 4.78 is 7.17. The number of rotatable bonds is 10. The number of nitrogens with two attached hydrogens (primary N) is 1. The Balaban J connectivity index is 2.94. The predicted octanol–water partition coefficient (Wildman–Crippen LogP) is 1.37. The summed E-state index contributed by atoms with van der Waals surface area (Å²) in [6, 6.07) is 7.40. The van der Waals surface area contributed by atoms with Crippen LogP contribution in [0.25, 0.3) is 0 Å². The van der Waals surface area contributed by atoms with Gasteiger partial charge in [0.05, 0.1) is 18.0 Å². The highest BCUT2D eigenvalue weighted by molar-refractivity contribution is 5.91. The molecule has 0 spiro atoms. The number of aliphatic carboxylic acids is 1. The van der Waals surface area contributed by atoms with E-state index in [2.05, 4.69) is 10.6 Å². The standard InChI is InChI=1S/C19H29N3O4/c1-5-12(2)16(21-17(25)14(20)11-15(23)24)18(26)22-19(3,4)13-9-7-6-8-10-13/h6-10,12,14,16H,5,11,20H2,1-4H3,(H,21,25)(H,22,26)(H,23,24)/t12-,14-,16-/m0/s1/i/hD. The maximum absolute atomic E-state index is 12.9. The topological polar surface area (TPSA) is 122 Å². The second-order valence-corrected chi connectivity index (χ2v) is 7.00. The molecule has 7 nitrogen and oxygen atoms in total. The van der Waals surface area contributed by atoms with Gasteiger partial charge in [0.2, 0.25) is 11.8 Å². The first-order chi connectivity index (χ1) is 12.6. The van der Waals surface area contributed by atoms with Gasteiger partial charge in [-0.15, -0.1) is 0 Å². The lowest BCUT2D eigenvalue weighted by atomic mass is 9.92. The van der Waals surface area contributed by atoms with Crippen molar-refractivity contribution in [1.82, 2.24) is 10.6 Å². The van der Waals surface area contributed by atoms with Gasteiger partial charge in [0.25, 0.3) is 0 Å².